The number of nitrogens with one attached hydrogen (secondary N) is 3. The fourth-order valence-electron chi connectivity index (χ4n) is 2.79. The molecule has 0 unspecified atom stereocenters. The Labute approximate surface area is 129 Å². The Bertz CT molecular complexity index is 510. The molecule has 1 heterocycles. The molecule has 1 aromatic rings. The number of rotatable bonds is 5. The maximum absolute atomic E-state index is 11.9. The van der Waals surface area contributed by atoms with E-state index in [4.69, 9.17) is 0 Å². The van der Waals surface area contributed by atoms with Crippen molar-refractivity contribution in [1.29, 1.82) is 0 Å². The van der Waals surface area contributed by atoms with E-state index < -0.39 is 4.92 Å². The molecule has 0 saturated carbocycles. The van der Waals surface area contributed by atoms with Crippen LogP contribution in [0.3, 0.4) is 0 Å². The van der Waals surface area contributed by atoms with Gasteiger partial charge in [0.25, 0.3) is 5.69 Å². The quantitative estimate of drug-likeness (QED) is 0.563. The molecule has 7 heteroatoms. The van der Waals surface area contributed by atoms with Crippen LogP contribution in [0.25, 0.3) is 0 Å². The van der Waals surface area contributed by atoms with E-state index in [9.17, 15) is 14.9 Å². The van der Waals surface area contributed by atoms with Crippen molar-refractivity contribution in [1.82, 2.24) is 5.32 Å². The molecule has 1 saturated heterocycles. The normalized spacial score (nSPS) is 21.1. The van der Waals surface area contributed by atoms with Crippen molar-refractivity contribution in [2.45, 2.75) is 32.2 Å². The third kappa shape index (κ3) is 4.70. The Morgan fingerprint density at radius 1 is 1.32 bits per heavy atom. The number of nitrogens with zero attached hydrogens (tertiary/aromatic N) is 1. The topological polar surface area (TPSA) is 88.7 Å². The molecular weight excluding hydrogens is 284 g/mol. The highest BCUT2D eigenvalue weighted by molar-refractivity contribution is 5.89. The van der Waals surface area contributed by atoms with Crippen molar-refractivity contribution in [3.63, 3.8) is 0 Å². The zero-order valence-electron chi connectivity index (χ0n) is 12.8. The number of carbonyl (C=O) groups excluding carboxylic acids is 1. The summed E-state index contributed by atoms with van der Waals surface area (Å²) in [6.07, 6.45) is 3.17. The van der Waals surface area contributed by atoms with Crippen molar-refractivity contribution in [2.75, 3.05) is 25.0 Å². The second-order valence-corrected chi connectivity index (χ2v) is 5.68. The Hall–Kier alpha value is -2.15. The number of hydrogen-bond donors (Lipinski definition) is 3. The highest BCUT2D eigenvalue weighted by Gasteiger charge is 2.22. The second kappa shape index (κ2) is 7.74. The molecule has 1 aliphatic rings. The molecule has 1 fully saturated rings. The molecule has 2 amide bonds. The van der Waals surface area contributed by atoms with E-state index in [0.717, 1.165) is 25.9 Å². The molecule has 120 valence electrons. The summed E-state index contributed by atoms with van der Waals surface area (Å²) in [6, 6.07) is 5.78. The standard InChI is InChI=1S/C15H22N4O3/c1-2-9-18-10-7-13(8-11-18)17-15(20)16-12-3-5-14(6-4-12)19(21)22/h3-6,13H,2,7-11H2,1H3,(H2,16,17,20)/p+1. The van der Waals surface area contributed by atoms with E-state index in [1.165, 1.54) is 37.2 Å². The number of piperidine rings is 1. The van der Waals surface area contributed by atoms with Gasteiger partial charge < -0.3 is 15.5 Å². The van der Waals surface area contributed by atoms with Gasteiger partial charge in [-0.05, 0) is 18.6 Å². The summed E-state index contributed by atoms with van der Waals surface area (Å²) in [5.41, 5.74) is 0.564. The average molecular weight is 307 g/mol. The largest absolute Gasteiger partial charge is 0.335 e. The molecule has 1 aromatic carbocycles. The summed E-state index contributed by atoms with van der Waals surface area (Å²) in [6.45, 7) is 5.57. The Morgan fingerprint density at radius 2 is 1.95 bits per heavy atom. The van der Waals surface area contributed by atoms with E-state index in [2.05, 4.69) is 17.6 Å². The number of likely N-dealkylation sites (tertiary alicyclic amines) is 1. The molecule has 0 aromatic heterocycles. The SMILES string of the molecule is CCC[NH+]1CCC(NC(=O)Nc2ccc([N+](=O)[O-])cc2)CC1. The van der Waals surface area contributed by atoms with Crippen LogP contribution in [0, 0.1) is 10.1 Å². The third-order valence-electron chi connectivity index (χ3n) is 3.97. The minimum Gasteiger partial charge on any atom is -0.335 e. The summed E-state index contributed by atoms with van der Waals surface area (Å²) in [7, 11) is 0. The molecule has 3 N–H and O–H groups in total. The van der Waals surface area contributed by atoms with Crippen LogP contribution >= 0.6 is 0 Å². The van der Waals surface area contributed by atoms with Gasteiger partial charge >= 0.3 is 6.03 Å². The van der Waals surface area contributed by atoms with E-state index >= 15 is 0 Å². The number of nitro benzene ring substituents is 1. The first-order valence-corrected chi connectivity index (χ1v) is 7.74. The number of benzene rings is 1. The number of urea groups is 1. The number of nitro groups is 1. The van der Waals surface area contributed by atoms with Gasteiger partial charge in [0.15, 0.2) is 0 Å². The van der Waals surface area contributed by atoms with Gasteiger partial charge in [-0.15, -0.1) is 0 Å². The van der Waals surface area contributed by atoms with Crippen LogP contribution in [0.5, 0.6) is 0 Å². The van der Waals surface area contributed by atoms with Crippen molar-refractivity contribution >= 4 is 17.4 Å². The van der Waals surface area contributed by atoms with Gasteiger partial charge in [0, 0.05) is 36.7 Å². The number of quaternary nitrogens is 1. The van der Waals surface area contributed by atoms with Gasteiger partial charge in [-0.2, -0.15) is 0 Å². The molecule has 1 aliphatic heterocycles. The summed E-state index contributed by atoms with van der Waals surface area (Å²) in [4.78, 5) is 23.7. The number of carbonyl (C=O) groups is 1. The highest BCUT2D eigenvalue weighted by atomic mass is 16.6. The molecule has 2 rings (SSSR count). The molecule has 22 heavy (non-hydrogen) atoms. The van der Waals surface area contributed by atoms with Crippen molar-refractivity contribution in [2.24, 2.45) is 0 Å². The lowest BCUT2D eigenvalue weighted by atomic mass is 10.1. The monoisotopic (exact) mass is 307 g/mol. The Kier molecular flexibility index (Phi) is 5.71. The van der Waals surface area contributed by atoms with Crippen LogP contribution in [0.1, 0.15) is 26.2 Å². The van der Waals surface area contributed by atoms with Crippen LogP contribution < -0.4 is 15.5 Å². The predicted octanol–water partition coefficient (Wildman–Crippen LogP) is 1.17. The van der Waals surface area contributed by atoms with Gasteiger partial charge in [0.1, 0.15) is 0 Å². The van der Waals surface area contributed by atoms with Gasteiger partial charge in [-0.3, -0.25) is 10.1 Å². The number of anilines is 1. The first kappa shape index (κ1) is 16.2. The van der Waals surface area contributed by atoms with E-state index in [0.29, 0.717) is 5.69 Å². The molecule has 0 bridgehead atoms. The smallest absolute Gasteiger partial charge is 0.319 e. The molecule has 0 spiro atoms. The van der Waals surface area contributed by atoms with Crippen LogP contribution in [-0.4, -0.2) is 36.6 Å². The van der Waals surface area contributed by atoms with Crippen LogP contribution in [0.15, 0.2) is 24.3 Å². The van der Waals surface area contributed by atoms with Gasteiger partial charge in [0.2, 0.25) is 0 Å². The van der Waals surface area contributed by atoms with Crippen molar-refractivity contribution in [3.8, 4) is 0 Å². The average Bonchev–Trinajstić information content (AvgIpc) is 2.50. The fourth-order valence-corrected chi connectivity index (χ4v) is 2.79. The first-order chi connectivity index (χ1) is 10.6. The zero-order valence-corrected chi connectivity index (χ0v) is 12.8. The summed E-state index contributed by atoms with van der Waals surface area (Å²) in [5.74, 6) is 0. The first-order valence-electron chi connectivity index (χ1n) is 7.74. The second-order valence-electron chi connectivity index (χ2n) is 5.68. The molecule has 0 radical (unpaired) electrons. The van der Waals surface area contributed by atoms with Gasteiger partial charge in [0.05, 0.1) is 24.6 Å². The van der Waals surface area contributed by atoms with E-state index in [1.54, 1.807) is 4.90 Å². The maximum Gasteiger partial charge on any atom is 0.319 e. The van der Waals surface area contributed by atoms with Crippen molar-refractivity contribution in [3.05, 3.63) is 34.4 Å². The summed E-state index contributed by atoms with van der Waals surface area (Å²) in [5, 5.41) is 16.3. The predicted molar refractivity (Wildman–Crippen MR) is 84.1 cm³/mol. The molecule has 0 atom stereocenters. The maximum atomic E-state index is 11.9. The molecule has 7 nitrogen and oxygen atoms in total. The lowest BCUT2D eigenvalue weighted by molar-refractivity contribution is -0.905. The van der Waals surface area contributed by atoms with Gasteiger partial charge in [-0.25, -0.2) is 4.79 Å². The molecule has 0 aliphatic carbocycles. The number of non-ortho nitro benzene ring substituents is 1. The third-order valence-corrected chi connectivity index (χ3v) is 3.97. The van der Waals surface area contributed by atoms with Gasteiger partial charge in [-0.1, -0.05) is 6.92 Å². The summed E-state index contributed by atoms with van der Waals surface area (Å²) < 4.78 is 0. The Morgan fingerprint density at radius 3 is 2.50 bits per heavy atom. The van der Waals surface area contributed by atoms with Crippen LogP contribution in [0.2, 0.25) is 0 Å². The minimum absolute atomic E-state index is 0.0113. The van der Waals surface area contributed by atoms with Crippen LogP contribution in [0.4, 0.5) is 16.2 Å². The summed E-state index contributed by atoms with van der Waals surface area (Å²) >= 11 is 0. The zero-order chi connectivity index (χ0) is 15.9. The van der Waals surface area contributed by atoms with Crippen LogP contribution in [-0.2, 0) is 0 Å². The number of amides is 2. The van der Waals surface area contributed by atoms with Crippen molar-refractivity contribution < 1.29 is 14.6 Å². The number of hydrogen-bond acceptors (Lipinski definition) is 3. The Balaban J connectivity index is 1.77. The van der Waals surface area contributed by atoms with E-state index in [1.807, 2.05) is 0 Å². The lowest BCUT2D eigenvalue weighted by Crippen LogP contribution is -3.13. The highest BCUT2D eigenvalue weighted by Crippen LogP contribution is 2.15. The minimum atomic E-state index is -0.462. The fraction of sp³-hybridized carbons (Fsp3) is 0.533. The van der Waals surface area contributed by atoms with E-state index in [-0.39, 0.29) is 17.8 Å². The lowest BCUT2D eigenvalue weighted by Gasteiger charge is -2.29. The molecular formula is C15H23N4O3+.